The minimum Gasteiger partial charge on any atom is -0.488 e. The summed E-state index contributed by atoms with van der Waals surface area (Å²) < 4.78 is 11.2. The lowest BCUT2D eigenvalue weighted by molar-refractivity contribution is 0.00736. The van der Waals surface area contributed by atoms with Crippen molar-refractivity contribution in [2.45, 2.75) is 38.4 Å². The average molecular weight is 236 g/mol. The normalized spacial score (nSPS) is 21.2. The SMILES string of the molecule is CC(C)(O)c1ccc(OC2CCCOC2)cc1. The smallest absolute Gasteiger partial charge is 0.122 e. The molecule has 1 aromatic carbocycles. The van der Waals surface area contributed by atoms with Gasteiger partial charge in [-0.15, -0.1) is 0 Å². The summed E-state index contributed by atoms with van der Waals surface area (Å²) in [7, 11) is 0. The van der Waals surface area contributed by atoms with Gasteiger partial charge in [0, 0.05) is 6.61 Å². The highest BCUT2D eigenvalue weighted by Gasteiger charge is 2.17. The molecule has 17 heavy (non-hydrogen) atoms. The van der Waals surface area contributed by atoms with Gasteiger partial charge in [0.05, 0.1) is 12.2 Å². The molecule has 1 N–H and O–H groups in total. The van der Waals surface area contributed by atoms with Crippen LogP contribution in [0.15, 0.2) is 24.3 Å². The Morgan fingerprint density at radius 3 is 2.53 bits per heavy atom. The molecule has 0 radical (unpaired) electrons. The molecule has 3 heteroatoms. The van der Waals surface area contributed by atoms with E-state index in [0.717, 1.165) is 30.8 Å². The first-order valence-electron chi connectivity index (χ1n) is 6.13. The topological polar surface area (TPSA) is 38.7 Å². The first kappa shape index (κ1) is 12.4. The number of hydrogen-bond acceptors (Lipinski definition) is 3. The van der Waals surface area contributed by atoms with Crippen LogP contribution in [0.3, 0.4) is 0 Å². The van der Waals surface area contributed by atoms with Crippen molar-refractivity contribution in [3.8, 4) is 5.75 Å². The summed E-state index contributed by atoms with van der Waals surface area (Å²) in [6.45, 7) is 5.07. The minimum atomic E-state index is -0.799. The third-order valence-corrected chi connectivity index (χ3v) is 2.98. The van der Waals surface area contributed by atoms with E-state index in [9.17, 15) is 5.11 Å². The van der Waals surface area contributed by atoms with Gasteiger partial charge in [-0.2, -0.15) is 0 Å². The second-order valence-corrected chi connectivity index (χ2v) is 5.04. The van der Waals surface area contributed by atoms with E-state index >= 15 is 0 Å². The highest BCUT2D eigenvalue weighted by molar-refractivity contribution is 5.30. The van der Waals surface area contributed by atoms with Crippen molar-refractivity contribution in [1.29, 1.82) is 0 Å². The largest absolute Gasteiger partial charge is 0.488 e. The van der Waals surface area contributed by atoms with Crippen LogP contribution in [-0.2, 0) is 10.3 Å². The number of rotatable bonds is 3. The maximum atomic E-state index is 9.84. The van der Waals surface area contributed by atoms with Gasteiger partial charge >= 0.3 is 0 Å². The second kappa shape index (κ2) is 5.07. The van der Waals surface area contributed by atoms with Gasteiger partial charge in [-0.25, -0.2) is 0 Å². The Hall–Kier alpha value is -1.06. The van der Waals surface area contributed by atoms with Crippen molar-refractivity contribution in [2.75, 3.05) is 13.2 Å². The van der Waals surface area contributed by atoms with Crippen molar-refractivity contribution in [3.05, 3.63) is 29.8 Å². The van der Waals surface area contributed by atoms with Crippen LogP contribution in [0.4, 0.5) is 0 Å². The predicted octanol–water partition coefficient (Wildman–Crippen LogP) is 2.47. The fraction of sp³-hybridized carbons (Fsp3) is 0.571. The molecule has 1 aromatic rings. The first-order valence-corrected chi connectivity index (χ1v) is 6.13. The molecular weight excluding hydrogens is 216 g/mol. The van der Waals surface area contributed by atoms with Gasteiger partial charge in [-0.3, -0.25) is 0 Å². The predicted molar refractivity (Wildman–Crippen MR) is 66.2 cm³/mol. The van der Waals surface area contributed by atoms with Crippen molar-refractivity contribution in [1.82, 2.24) is 0 Å². The molecule has 0 spiro atoms. The Bertz CT molecular complexity index is 345. The van der Waals surface area contributed by atoms with E-state index in [1.165, 1.54) is 0 Å². The molecule has 1 aliphatic rings. The summed E-state index contributed by atoms with van der Waals surface area (Å²) >= 11 is 0. The summed E-state index contributed by atoms with van der Waals surface area (Å²) in [4.78, 5) is 0. The molecule has 1 saturated heterocycles. The lowest BCUT2D eigenvalue weighted by Gasteiger charge is -2.24. The lowest BCUT2D eigenvalue weighted by Crippen LogP contribution is -2.28. The van der Waals surface area contributed by atoms with Crippen LogP contribution in [-0.4, -0.2) is 24.4 Å². The Morgan fingerprint density at radius 1 is 1.29 bits per heavy atom. The standard InChI is InChI=1S/C14H20O3/c1-14(2,15)11-5-7-12(8-6-11)17-13-4-3-9-16-10-13/h5-8,13,15H,3-4,9-10H2,1-2H3. The zero-order chi connectivity index (χ0) is 12.3. The fourth-order valence-corrected chi connectivity index (χ4v) is 1.94. The van der Waals surface area contributed by atoms with Gasteiger partial charge in [-0.05, 0) is 44.4 Å². The molecular formula is C14H20O3. The molecule has 0 bridgehead atoms. The van der Waals surface area contributed by atoms with Gasteiger partial charge in [0.25, 0.3) is 0 Å². The van der Waals surface area contributed by atoms with Gasteiger partial charge < -0.3 is 14.6 Å². The van der Waals surface area contributed by atoms with Crippen molar-refractivity contribution < 1.29 is 14.6 Å². The summed E-state index contributed by atoms with van der Waals surface area (Å²) in [6, 6.07) is 7.61. The maximum absolute atomic E-state index is 9.84. The molecule has 0 saturated carbocycles. The van der Waals surface area contributed by atoms with Crippen LogP contribution < -0.4 is 4.74 Å². The molecule has 0 aromatic heterocycles. The minimum absolute atomic E-state index is 0.164. The van der Waals surface area contributed by atoms with Crippen LogP contribution >= 0.6 is 0 Å². The van der Waals surface area contributed by atoms with E-state index in [4.69, 9.17) is 9.47 Å². The number of benzene rings is 1. The molecule has 2 rings (SSSR count). The third kappa shape index (κ3) is 3.45. The molecule has 94 valence electrons. The molecule has 0 amide bonds. The van der Waals surface area contributed by atoms with E-state index in [1.807, 2.05) is 24.3 Å². The monoisotopic (exact) mass is 236 g/mol. The van der Waals surface area contributed by atoms with E-state index in [1.54, 1.807) is 13.8 Å². The van der Waals surface area contributed by atoms with Gasteiger partial charge in [0.2, 0.25) is 0 Å². The van der Waals surface area contributed by atoms with Crippen LogP contribution in [0.25, 0.3) is 0 Å². The molecule has 1 atom stereocenters. The number of ether oxygens (including phenoxy) is 2. The molecule has 0 aliphatic carbocycles. The Kier molecular flexibility index (Phi) is 3.69. The average Bonchev–Trinajstić information content (AvgIpc) is 2.30. The summed E-state index contributed by atoms with van der Waals surface area (Å²) in [5, 5.41) is 9.84. The Morgan fingerprint density at radius 2 is 2.00 bits per heavy atom. The quantitative estimate of drug-likeness (QED) is 0.876. The highest BCUT2D eigenvalue weighted by Crippen LogP contribution is 2.23. The van der Waals surface area contributed by atoms with Gasteiger partial charge in [0.15, 0.2) is 0 Å². The molecule has 3 nitrogen and oxygen atoms in total. The highest BCUT2D eigenvalue weighted by atomic mass is 16.5. The van der Waals surface area contributed by atoms with E-state index in [2.05, 4.69) is 0 Å². The Labute approximate surface area is 102 Å². The summed E-state index contributed by atoms with van der Waals surface area (Å²) in [5.74, 6) is 0.841. The van der Waals surface area contributed by atoms with E-state index in [0.29, 0.717) is 6.61 Å². The van der Waals surface area contributed by atoms with Crippen molar-refractivity contribution in [3.63, 3.8) is 0 Å². The third-order valence-electron chi connectivity index (χ3n) is 2.98. The van der Waals surface area contributed by atoms with Crippen LogP contribution in [0.5, 0.6) is 5.75 Å². The van der Waals surface area contributed by atoms with E-state index < -0.39 is 5.60 Å². The number of aliphatic hydroxyl groups is 1. The zero-order valence-electron chi connectivity index (χ0n) is 10.5. The molecule has 1 unspecified atom stereocenters. The van der Waals surface area contributed by atoms with Crippen LogP contribution in [0.2, 0.25) is 0 Å². The molecule has 1 heterocycles. The van der Waals surface area contributed by atoms with Crippen molar-refractivity contribution >= 4 is 0 Å². The maximum Gasteiger partial charge on any atom is 0.122 e. The van der Waals surface area contributed by atoms with E-state index in [-0.39, 0.29) is 6.10 Å². The summed E-state index contributed by atoms with van der Waals surface area (Å²) in [6.07, 6.45) is 2.27. The zero-order valence-corrected chi connectivity index (χ0v) is 10.5. The first-order chi connectivity index (χ1) is 8.05. The lowest BCUT2D eigenvalue weighted by atomic mass is 9.99. The van der Waals surface area contributed by atoms with Gasteiger partial charge in [-0.1, -0.05) is 12.1 Å². The summed E-state index contributed by atoms with van der Waals surface area (Å²) in [5.41, 5.74) is 0.0942. The van der Waals surface area contributed by atoms with Crippen molar-refractivity contribution in [2.24, 2.45) is 0 Å². The van der Waals surface area contributed by atoms with Crippen LogP contribution in [0.1, 0.15) is 32.3 Å². The van der Waals surface area contributed by atoms with Crippen LogP contribution in [0, 0.1) is 0 Å². The molecule has 1 aliphatic heterocycles. The number of hydrogen-bond donors (Lipinski definition) is 1. The molecule has 1 fully saturated rings. The fourth-order valence-electron chi connectivity index (χ4n) is 1.94. The van der Waals surface area contributed by atoms with Gasteiger partial charge in [0.1, 0.15) is 11.9 Å². The Balaban J connectivity index is 1.98. The second-order valence-electron chi connectivity index (χ2n) is 5.04.